The summed E-state index contributed by atoms with van der Waals surface area (Å²) < 4.78 is 0. The number of hydrogen-bond donors (Lipinski definition) is 3. The quantitative estimate of drug-likeness (QED) is 0.685. The molecule has 0 bridgehead atoms. The summed E-state index contributed by atoms with van der Waals surface area (Å²) >= 11 is 0. The number of nitrogens with zero attached hydrogens (tertiary/aromatic N) is 1. The van der Waals surface area contributed by atoms with E-state index in [1.807, 2.05) is 6.07 Å². The van der Waals surface area contributed by atoms with E-state index in [1.54, 1.807) is 0 Å². The van der Waals surface area contributed by atoms with Gasteiger partial charge in [-0.25, -0.2) is 4.79 Å². The van der Waals surface area contributed by atoms with Crippen LogP contribution in [0, 0.1) is 11.3 Å². The minimum Gasteiger partial charge on any atom is -0.479 e. The maximum Gasteiger partial charge on any atom is 0.332 e. The number of rotatable bonds is 5. The van der Waals surface area contributed by atoms with Crippen molar-refractivity contribution in [3.63, 3.8) is 0 Å². The number of carboxylic acids is 1. The molecule has 1 atom stereocenters. The highest BCUT2D eigenvalue weighted by molar-refractivity contribution is 5.94. The Morgan fingerprint density at radius 2 is 1.94 bits per heavy atom. The lowest BCUT2D eigenvalue weighted by Crippen LogP contribution is -2.30. The van der Waals surface area contributed by atoms with Gasteiger partial charge in [-0.15, -0.1) is 0 Å². The van der Waals surface area contributed by atoms with Crippen molar-refractivity contribution in [2.45, 2.75) is 12.5 Å². The molecule has 0 aliphatic heterocycles. The Labute approximate surface area is 103 Å². The monoisotopic (exact) mass is 248 g/mol. The van der Waals surface area contributed by atoms with Crippen LogP contribution in [0.4, 0.5) is 0 Å². The number of nitriles is 1. The van der Waals surface area contributed by atoms with Crippen LogP contribution in [0.25, 0.3) is 0 Å². The molecule has 0 spiro atoms. The van der Waals surface area contributed by atoms with Gasteiger partial charge in [0, 0.05) is 18.5 Å². The standard InChI is InChI=1S/C12H12N2O4/c13-7-8-1-3-9(4-2-8)11(16)14-6-5-10(15)12(17)18/h1-4,10,15H,5-6H2,(H,14,16)(H,17,18)/t10-/m0/s1. The van der Waals surface area contributed by atoms with Gasteiger partial charge in [0.05, 0.1) is 11.6 Å². The number of amides is 1. The number of carbonyl (C=O) groups excluding carboxylic acids is 1. The molecule has 0 saturated heterocycles. The molecule has 6 nitrogen and oxygen atoms in total. The molecule has 94 valence electrons. The number of hydrogen-bond acceptors (Lipinski definition) is 4. The minimum atomic E-state index is -1.48. The number of nitrogens with one attached hydrogen (secondary N) is 1. The van der Waals surface area contributed by atoms with Crippen molar-refractivity contribution in [3.05, 3.63) is 35.4 Å². The summed E-state index contributed by atoms with van der Waals surface area (Å²) in [7, 11) is 0. The number of aliphatic carboxylic acids is 1. The fraction of sp³-hybridized carbons (Fsp3) is 0.250. The fourth-order valence-electron chi connectivity index (χ4n) is 1.24. The van der Waals surface area contributed by atoms with Gasteiger partial charge in [0.25, 0.3) is 5.91 Å². The zero-order chi connectivity index (χ0) is 13.5. The lowest BCUT2D eigenvalue weighted by molar-refractivity contribution is -0.146. The second-order valence-electron chi connectivity index (χ2n) is 3.59. The molecule has 18 heavy (non-hydrogen) atoms. The van der Waals surface area contributed by atoms with Crippen LogP contribution in [0.15, 0.2) is 24.3 Å². The molecule has 0 fully saturated rings. The molecule has 0 saturated carbocycles. The highest BCUT2D eigenvalue weighted by atomic mass is 16.4. The normalized spacial score (nSPS) is 11.3. The second-order valence-corrected chi connectivity index (χ2v) is 3.59. The van der Waals surface area contributed by atoms with Gasteiger partial charge in [-0.2, -0.15) is 5.26 Å². The highest BCUT2D eigenvalue weighted by Crippen LogP contribution is 2.03. The van der Waals surface area contributed by atoms with E-state index in [2.05, 4.69) is 5.32 Å². The zero-order valence-corrected chi connectivity index (χ0v) is 9.46. The van der Waals surface area contributed by atoms with Crippen molar-refractivity contribution < 1.29 is 19.8 Å². The predicted molar refractivity (Wildman–Crippen MR) is 61.7 cm³/mol. The number of carbonyl (C=O) groups is 2. The molecule has 0 unspecified atom stereocenters. The van der Waals surface area contributed by atoms with Crippen molar-refractivity contribution in [2.75, 3.05) is 6.54 Å². The molecule has 0 aromatic heterocycles. The summed E-state index contributed by atoms with van der Waals surface area (Å²) in [6.45, 7) is 0.0618. The molecule has 1 amide bonds. The predicted octanol–water partition coefficient (Wildman–Crippen LogP) is 0.124. The Bertz CT molecular complexity index is 476. The second kappa shape index (κ2) is 6.37. The van der Waals surface area contributed by atoms with E-state index >= 15 is 0 Å². The van der Waals surface area contributed by atoms with Crippen LogP contribution in [-0.4, -0.2) is 34.7 Å². The van der Waals surface area contributed by atoms with Crippen molar-refractivity contribution >= 4 is 11.9 Å². The molecule has 1 aromatic carbocycles. The molecule has 0 aliphatic carbocycles. The highest BCUT2D eigenvalue weighted by Gasteiger charge is 2.13. The summed E-state index contributed by atoms with van der Waals surface area (Å²) in [5.74, 6) is -1.69. The van der Waals surface area contributed by atoms with E-state index in [1.165, 1.54) is 24.3 Å². The van der Waals surface area contributed by atoms with Crippen LogP contribution in [-0.2, 0) is 4.79 Å². The summed E-state index contributed by atoms with van der Waals surface area (Å²) in [4.78, 5) is 21.9. The first-order chi connectivity index (χ1) is 8.54. The SMILES string of the molecule is N#Cc1ccc(C(=O)NCC[C@H](O)C(=O)O)cc1. The van der Waals surface area contributed by atoms with Crippen LogP contribution in [0.2, 0.25) is 0 Å². The summed E-state index contributed by atoms with van der Waals surface area (Å²) in [6.07, 6.45) is -1.54. The first kappa shape index (κ1) is 13.7. The van der Waals surface area contributed by atoms with E-state index in [9.17, 15) is 9.59 Å². The van der Waals surface area contributed by atoms with Gasteiger partial charge in [0.1, 0.15) is 0 Å². The lowest BCUT2D eigenvalue weighted by Gasteiger charge is -2.07. The molecule has 1 rings (SSSR count). The van der Waals surface area contributed by atoms with E-state index in [0.29, 0.717) is 11.1 Å². The van der Waals surface area contributed by atoms with E-state index in [-0.39, 0.29) is 18.9 Å². The van der Waals surface area contributed by atoms with Crippen molar-refractivity contribution in [1.82, 2.24) is 5.32 Å². The topological polar surface area (TPSA) is 110 Å². The van der Waals surface area contributed by atoms with Crippen molar-refractivity contribution in [2.24, 2.45) is 0 Å². The molecule has 0 heterocycles. The van der Waals surface area contributed by atoms with Gasteiger partial charge in [0.15, 0.2) is 6.10 Å². The summed E-state index contributed by atoms with van der Waals surface area (Å²) in [6, 6.07) is 7.97. The molecular formula is C12H12N2O4. The van der Waals surface area contributed by atoms with Crippen LogP contribution >= 0.6 is 0 Å². The molecular weight excluding hydrogens is 236 g/mol. The van der Waals surface area contributed by atoms with Gasteiger partial charge < -0.3 is 15.5 Å². The number of carboxylic acid groups (broad SMARTS) is 1. The Hall–Kier alpha value is -2.39. The van der Waals surface area contributed by atoms with E-state index < -0.39 is 12.1 Å². The fourth-order valence-corrected chi connectivity index (χ4v) is 1.24. The zero-order valence-electron chi connectivity index (χ0n) is 9.46. The Morgan fingerprint density at radius 1 is 1.33 bits per heavy atom. The molecule has 6 heteroatoms. The Kier molecular flexibility index (Phi) is 4.84. The van der Waals surface area contributed by atoms with E-state index in [4.69, 9.17) is 15.5 Å². The Morgan fingerprint density at radius 3 is 2.44 bits per heavy atom. The van der Waals surface area contributed by atoms with Crippen molar-refractivity contribution in [1.29, 1.82) is 5.26 Å². The van der Waals surface area contributed by atoms with Crippen LogP contribution in [0.5, 0.6) is 0 Å². The number of aliphatic hydroxyl groups is 1. The maximum atomic E-state index is 11.6. The number of aliphatic hydroxyl groups excluding tert-OH is 1. The van der Waals surface area contributed by atoms with E-state index in [0.717, 1.165) is 0 Å². The van der Waals surface area contributed by atoms with Gasteiger partial charge >= 0.3 is 5.97 Å². The Balaban J connectivity index is 2.46. The first-order valence-corrected chi connectivity index (χ1v) is 5.24. The molecule has 0 radical (unpaired) electrons. The summed E-state index contributed by atoms with van der Waals surface area (Å²) in [5, 5.41) is 28.5. The van der Waals surface area contributed by atoms with Gasteiger partial charge in [-0.3, -0.25) is 4.79 Å². The van der Waals surface area contributed by atoms with Crippen LogP contribution in [0.3, 0.4) is 0 Å². The maximum absolute atomic E-state index is 11.6. The van der Waals surface area contributed by atoms with Crippen LogP contribution < -0.4 is 5.32 Å². The van der Waals surface area contributed by atoms with Crippen molar-refractivity contribution in [3.8, 4) is 6.07 Å². The molecule has 0 aliphatic rings. The molecule has 1 aromatic rings. The third-order valence-electron chi connectivity index (χ3n) is 2.26. The first-order valence-electron chi connectivity index (χ1n) is 5.24. The average molecular weight is 248 g/mol. The summed E-state index contributed by atoms with van der Waals surface area (Å²) in [5.41, 5.74) is 0.826. The minimum absolute atomic E-state index is 0.0582. The molecule has 3 N–H and O–H groups in total. The van der Waals surface area contributed by atoms with Gasteiger partial charge in [0.2, 0.25) is 0 Å². The smallest absolute Gasteiger partial charge is 0.332 e. The van der Waals surface area contributed by atoms with Crippen LogP contribution in [0.1, 0.15) is 22.3 Å². The third kappa shape index (κ3) is 3.88. The lowest BCUT2D eigenvalue weighted by atomic mass is 10.1. The van der Waals surface area contributed by atoms with Gasteiger partial charge in [-0.1, -0.05) is 0 Å². The third-order valence-corrected chi connectivity index (χ3v) is 2.26. The van der Waals surface area contributed by atoms with Gasteiger partial charge in [-0.05, 0) is 24.3 Å². The largest absolute Gasteiger partial charge is 0.479 e. The number of benzene rings is 1. The average Bonchev–Trinajstić information content (AvgIpc) is 2.38.